The van der Waals surface area contributed by atoms with Crippen LogP contribution in [-0.2, 0) is 4.74 Å². The summed E-state index contributed by atoms with van der Waals surface area (Å²) in [6, 6.07) is 0.758. The standard InChI is InChI=1S/C10H21NO2/c1-2-13-9-3-6-11(7-8-12)10-4-5-10/h10,12H,2-9H2,1H3. The number of aliphatic hydroxyl groups excluding tert-OH is 1. The second-order valence-electron chi connectivity index (χ2n) is 3.54. The predicted molar refractivity (Wildman–Crippen MR) is 52.8 cm³/mol. The monoisotopic (exact) mass is 187 g/mol. The minimum Gasteiger partial charge on any atom is -0.395 e. The molecule has 0 radical (unpaired) electrons. The molecule has 1 N–H and O–H groups in total. The maximum absolute atomic E-state index is 8.84. The van der Waals surface area contributed by atoms with Gasteiger partial charge in [0.15, 0.2) is 0 Å². The third kappa shape index (κ3) is 4.60. The molecule has 1 aliphatic carbocycles. The van der Waals surface area contributed by atoms with E-state index in [9.17, 15) is 0 Å². The van der Waals surface area contributed by atoms with E-state index in [4.69, 9.17) is 9.84 Å². The van der Waals surface area contributed by atoms with Gasteiger partial charge in [-0.25, -0.2) is 0 Å². The quantitative estimate of drug-likeness (QED) is 0.572. The van der Waals surface area contributed by atoms with Crippen molar-refractivity contribution in [1.29, 1.82) is 0 Å². The number of hydrogen-bond donors (Lipinski definition) is 1. The number of rotatable bonds is 8. The molecule has 0 bridgehead atoms. The van der Waals surface area contributed by atoms with Gasteiger partial charge in [0.2, 0.25) is 0 Å². The van der Waals surface area contributed by atoms with Crippen molar-refractivity contribution in [2.75, 3.05) is 32.9 Å². The van der Waals surface area contributed by atoms with Gasteiger partial charge < -0.3 is 9.84 Å². The zero-order valence-electron chi connectivity index (χ0n) is 8.54. The normalized spacial score (nSPS) is 16.8. The Labute approximate surface area is 80.7 Å². The molecule has 3 heteroatoms. The molecule has 0 spiro atoms. The topological polar surface area (TPSA) is 32.7 Å². The molecule has 1 rings (SSSR count). The first kappa shape index (κ1) is 11.0. The number of hydrogen-bond acceptors (Lipinski definition) is 3. The van der Waals surface area contributed by atoms with Crippen molar-refractivity contribution in [3.05, 3.63) is 0 Å². The molecule has 13 heavy (non-hydrogen) atoms. The fraction of sp³-hybridized carbons (Fsp3) is 1.00. The van der Waals surface area contributed by atoms with E-state index in [2.05, 4.69) is 4.90 Å². The molecule has 1 saturated carbocycles. The molecule has 0 saturated heterocycles. The van der Waals surface area contributed by atoms with Gasteiger partial charge in [-0.3, -0.25) is 4.90 Å². The predicted octanol–water partition coefficient (Wildman–Crippen LogP) is 0.870. The van der Waals surface area contributed by atoms with Crippen LogP contribution >= 0.6 is 0 Å². The van der Waals surface area contributed by atoms with Crippen LogP contribution in [0, 0.1) is 0 Å². The molecule has 0 aromatic carbocycles. The lowest BCUT2D eigenvalue weighted by atomic mass is 10.3. The molecule has 1 aliphatic rings. The SMILES string of the molecule is CCOCCCN(CCO)C1CC1. The van der Waals surface area contributed by atoms with Crippen LogP contribution in [0.25, 0.3) is 0 Å². The zero-order chi connectivity index (χ0) is 9.52. The average molecular weight is 187 g/mol. The van der Waals surface area contributed by atoms with Gasteiger partial charge in [-0.15, -0.1) is 0 Å². The van der Waals surface area contributed by atoms with Gasteiger partial charge >= 0.3 is 0 Å². The van der Waals surface area contributed by atoms with Crippen molar-refractivity contribution in [3.63, 3.8) is 0 Å². The van der Waals surface area contributed by atoms with Crippen LogP contribution in [0.2, 0.25) is 0 Å². The Kier molecular flexibility index (Phi) is 5.35. The molecule has 1 fully saturated rings. The third-order valence-electron chi connectivity index (χ3n) is 2.39. The summed E-state index contributed by atoms with van der Waals surface area (Å²) in [6.07, 6.45) is 3.72. The van der Waals surface area contributed by atoms with Gasteiger partial charge in [-0.1, -0.05) is 0 Å². The molecular weight excluding hydrogens is 166 g/mol. The van der Waals surface area contributed by atoms with Crippen molar-refractivity contribution < 1.29 is 9.84 Å². The Bertz CT molecular complexity index is 126. The molecule has 0 unspecified atom stereocenters. The molecule has 78 valence electrons. The van der Waals surface area contributed by atoms with Crippen LogP contribution in [0.1, 0.15) is 26.2 Å². The van der Waals surface area contributed by atoms with Crippen LogP contribution in [0.3, 0.4) is 0 Å². The van der Waals surface area contributed by atoms with Gasteiger partial charge in [0.1, 0.15) is 0 Å². The highest BCUT2D eigenvalue weighted by Gasteiger charge is 2.27. The highest BCUT2D eigenvalue weighted by atomic mass is 16.5. The molecule has 0 amide bonds. The zero-order valence-corrected chi connectivity index (χ0v) is 8.54. The molecule has 0 heterocycles. The molecule has 0 aliphatic heterocycles. The summed E-state index contributed by atoms with van der Waals surface area (Å²) in [5, 5.41) is 8.84. The Balaban J connectivity index is 2.00. The van der Waals surface area contributed by atoms with Crippen molar-refractivity contribution in [3.8, 4) is 0 Å². The minimum absolute atomic E-state index is 0.283. The fourth-order valence-electron chi connectivity index (χ4n) is 1.56. The first-order valence-electron chi connectivity index (χ1n) is 5.31. The van der Waals surface area contributed by atoms with E-state index >= 15 is 0 Å². The highest BCUT2D eigenvalue weighted by molar-refractivity contribution is 4.84. The van der Waals surface area contributed by atoms with E-state index in [1.165, 1.54) is 12.8 Å². The van der Waals surface area contributed by atoms with Crippen molar-refractivity contribution >= 4 is 0 Å². The van der Waals surface area contributed by atoms with Crippen molar-refractivity contribution in [2.24, 2.45) is 0 Å². The van der Waals surface area contributed by atoms with E-state index in [1.807, 2.05) is 6.92 Å². The third-order valence-corrected chi connectivity index (χ3v) is 2.39. The highest BCUT2D eigenvalue weighted by Crippen LogP contribution is 2.26. The molecular formula is C10H21NO2. The Morgan fingerprint density at radius 3 is 2.69 bits per heavy atom. The maximum atomic E-state index is 8.84. The lowest BCUT2D eigenvalue weighted by Gasteiger charge is -2.20. The second kappa shape index (κ2) is 6.35. The summed E-state index contributed by atoms with van der Waals surface area (Å²) in [5.74, 6) is 0. The van der Waals surface area contributed by atoms with Gasteiger partial charge in [0, 0.05) is 32.3 Å². The molecule has 0 atom stereocenters. The van der Waals surface area contributed by atoms with E-state index < -0.39 is 0 Å². The van der Waals surface area contributed by atoms with Crippen LogP contribution in [0.4, 0.5) is 0 Å². The van der Waals surface area contributed by atoms with E-state index in [0.29, 0.717) is 0 Å². The minimum atomic E-state index is 0.283. The Morgan fingerprint density at radius 2 is 2.15 bits per heavy atom. The molecule has 0 aromatic heterocycles. The summed E-state index contributed by atoms with van der Waals surface area (Å²) in [7, 11) is 0. The summed E-state index contributed by atoms with van der Waals surface area (Å²) in [4.78, 5) is 2.37. The van der Waals surface area contributed by atoms with E-state index in [0.717, 1.165) is 38.8 Å². The van der Waals surface area contributed by atoms with Crippen LogP contribution < -0.4 is 0 Å². The molecule has 3 nitrogen and oxygen atoms in total. The Morgan fingerprint density at radius 1 is 1.38 bits per heavy atom. The van der Waals surface area contributed by atoms with Crippen LogP contribution in [0.15, 0.2) is 0 Å². The Hall–Kier alpha value is -0.120. The van der Waals surface area contributed by atoms with Crippen LogP contribution in [0.5, 0.6) is 0 Å². The fourth-order valence-corrected chi connectivity index (χ4v) is 1.56. The first-order valence-corrected chi connectivity index (χ1v) is 5.31. The van der Waals surface area contributed by atoms with Crippen molar-refractivity contribution in [2.45, 2.75) is 32.2 Å². The van der Waals surface area contributed by atoms with Crippen molar-refractivity contribution in [1.82, 2.24) is 4.90 Å². The first-order chi connectivity index (χ1) is 6.38. The van der Waals surface area contributed by atoms with E-state index in [1.54, 1.807) is 0 Å². The van der Waals surface area contributed by atoms with Crippen LogP contribution in [-0.4, -0.2) is 49.0 Å². The van der Waals surface area contributed by atoms with Gasteiger partial charge in [-0.2, -0.15) is 0 Å². The molecule has 0 aromatic rings. The van der Waals surface area contributed by atoms with Gasteiger partial charge in [-0.05, 0) is 26.2 Å². The average Bonchev–Trinajstić information content (AvgIpc) is 2.93. The largest absolute Gasteiger partial charge is 0.395 e. The summed E-state index contributed by atoms with van der Waals surface area (Å²) >= 11 is 0. The number of ether oxygens (including phenoxy) is 1. The lowest BCUT2D eigenvalue weighted by molar-refractivity contribution is 0.123. The summed E-state index contributed by atoms with van der Waals surface area (Å²) in [6.45, 7) is 5.87. The number of nitrogens with zero attached hydrogens (tertiary/aromatic N) is 1. The lowest BCUT2D eigenvalue weighted by Crippen LogP contribution is -2.30. The summed E-state index contributed by atoms with van der Waals surface area (Å²) in [5.41, 5.74) is 0. The van der Waals surface area contributed by atoms with Gasteiger partial charge in [0.25, 0.3) is 0 Å². The smallest absolute Gasteiger partial charge is 0.0558 e. The number of aliphatic hydroxyl groups is 1. The second-order valence-corrected chi connectivity index (χ2v) is 3.54. The van der Waals surface area contributed by atoms with E-state index in [-0.39, 0.29) is 6.61 Å². The van der Waals surface area contributed by atoms with Gasteiger partial charge in [0.05, 0.1) is 6.61 Å². The maximum Gasteiger partial charge on any atom is 0.0558 e. The summed E-state index contributed by atoms with van der Waals surface area (Å²) < 4.78 is 5.27.